The fourth-order valence-corrected chi connectivity index (χ4v) is 3.17. The molecule has 1 aliphatic heterocycles. The molecule has 1 saturated heterocycles. The molecule has 6 nitrogen and oxygen atoms in total. The minimum Gasteiger partial charge on any atom is -0.352 e. The maximum atomic E-state index is 12.4. The van der Waals surface area contributed by atoms with Crippen LogP contribution in [0, 0.1) is 5.92 Å². The third-order valence-electron chi connectivity index (χ3n) is 4.59. The summed E-state index contributed by atoms with van der Waals surface area (Å²) in [7, 11) is 0. The molecule has 1 aliphatic rings. The minimum absolute atomic E-state index is 0.0702. The number of carbonyl (C=O) groups is 2. The first kappa shape index (κ1) is 18.1. The lowest BCUT2D eigenvalue weighted by atomic mass is 9.92. The molecular weight excluding hydrogens is 328 g/mol. The summed E-state index contributed by atoms with van der Waals surface area (Å²) in [5.74, 6) is -0.0114. The van der Waals surface area contributed by atoms with Gasteiger partial charge in [0.1, 0.15) is 0 Å². The zero-order chi connectivity index (χ0) is 18.4. The Bertz CT molecular complexity index is 763. The summed E-state index contributed by atoms with van der Waals surface area (Å²) in [5, 5.41) is 9.24. The van der Waals surface area contributed by atoms with Gasteiger partial charge in [0, 0.05) is 42.1 Å². The van der Waals surface area contributed by atoms with Gasteiger partial charge in [-0.2, -0.15) is 0 Å². The second-order valence-electron chi connectivity index (χ2n) is 6.68. The number of aromatic nitrogens is 1. The molecule has 2 atom stereocenters. The molecule has 6 heteroatoms. The Morgan fingerprint density at radius 2 is 2.04 bits per heavy atom. The molecule has 2 aromatic rings. The molecule has 1 aromatic carbocycles. The highest BCUT2D eigenvalue weighted by Gasteiger charge is 2.24. The smallest absolute Gasteiger partial charge is 0.255 e. The molecule has 0 bridgehead atoms. The molecule has 0 radical (unpaired) electrons. The Kier molecular flexibility index (Phi) is 5.96. The van der Waals surface area contributed by atoms with Crippen molar-refractivity contribution < 1.29 is 9.59 Å². The maximum Gasteiger partial charge on any atom is 0.255 e. The first-order chi connectivity index (χ1) is 12.6. The van der Waals surface area contributed by atoms with Crippen LogP contribution in [0.3, 0.4) is 0 Å². The van der Waals surface area contributed by atoms with Gasteiger partial charge >= 0.3 is 0 Å². The largest absolute Gasteiger partial charge is 0.352 e. The first-order valence-electron chi connectivity index (χ1n) is 8.93. The molecule has 2 heterocycles. The zero-order valence-corrected chi connectivity index (χ0v) is 14.9. The highest BCUT2D eigenvalue weighted by Crippen LogP contribution is 2.17. The van der Waals surface area contributed by atoms with Crippen LogP contribution in [0.4, 0.5) is 5.69 Å². The third kappa shape index (κ3) is 4.89. The predicted molar refractivity (Wildman–Crippen MR) is 101 cm³/mol. The summed E-state index contributed by atoms with van der Waals surface area (Å²) in [6, 6.07) is 11.2. The van der Waals surface area contributed by atoms with Crippen molar-refractivity contribution in [2.24, 2.45) is 5.92 Å². The summed E-state index contributed by atoms with van der Waals surface area (Å²) in [6.07, 6.45) is 4.91. The van der Waals surface area contributed by atoms with Crippen LogP contribution in [0.2, 0.25) is 0 Å². The van der Waals surface area contributed by atoms with E-state index in [1.54, 1.807) is 24.5 Å². The highest BCUT2D eigenvalue weighted by atomic mass is 16.2. The lowest BCUT2D eigenvalue weighted by molar-refractivity contribution is -0.126. The first-order valence-corrected chi connectivity index (χ1v) is 8.93. The Hall–Kier alpha value is -2.73. The Morgan fingerprint density at radius 1 is 1.23 bits per heavy atom. The molecule has 1 aromatic heterocycles. The van der Waals surface area contributed by atoms with Gasteiger partial charge in [0.25, 0.3) is 5.91 Å². The molecule has 3 rings (SSSR count). The van der Waals surface area contributed by atoms with Crippen molar-refractivity contribution in [2.75, 3.05) is 11.9 Å². The Balaban J connectivity index is 1.55. The van der Waals surface area contributed by atoms with E-state index in [2.05, 4.69) is 27.9 Å². The minimum atomic E-state index is -0.183. The number of rotatable bonds is 5. The van der Waals surface area contributed by atoms with E-state index >= 15 is 0 Å². The van der Waals surface area contributed by atoms with E-state index in [1.807, 2.05) is 24.3 Å². The van der Waals surface area contributed by atoms with Gasteiger partial charge in [0.2, 0.25) is 5.91 Å². The van der Waals surface area contributed by atoms with Crippen LogP contribution < -0.4 is 16.0 Å². The van der Waals surface area contributed by atoms with Crippen molar-refractivity contribution in [3.05, 3.63) is 59.9 Å². The van der Waals surface area contributed by atoms with Crippen molar-refractivity contribution >= 4 is 17.5 Å². The second kappa shape index (κ2) is 8.58. The maximum absolute atomic E-state index is 12.4. The van der Waals surface area contributed by atoms with E-state index in [0.717, 1.165) is 24.9 Å². The molecule has 3 N–H and O–H groups in total. The van der Waals surface area contributed by atoms with Gasteiger partial charge in [-0.1, -0.05) is 12.1 Å². The number of nitrogens with one attached hydrogen (secondary N) is 3. The van der Waals surface area contributed by atoms with Crippen LogP contribution in [0.15, 0.2) is 48.8 Å². The number of benzene rings is 1. The van der Waals surface area contributed by atoms with Crippen molar-refractivity contribution in [1.29, 1.82) is 0 Å². The molecule has 0 spiro atoms. The number of amides is 2. The van der Waals surface area contributed by atoms with Gasteiger partial charge < -0.3 is 16.0 Å². The topological polar surface area (TPSA) is 83.1 Å². The van der Waals surface area contributed by atoms with Gasteiger partial charge in [-0.25, -0.2) is 0 Å². The quantitative estimate of drug-likeness (QED) is 0.771. The normalized spacial score (nSPS) is 19.6. The van der Waals surface area contributed by atoms with Crippen LogP contribution in [-0.2, 0) is 11.3 Å². The Morgan fingerprint density at radius 3 is 2.81 bits per heavy atom. The van der Waals surface area contributed by atoms with Crippen LogP contribution in [-0.4, -0.2) is 29.4 Å². The van der Waals surface area contributed by atoms with Crippen molar-refractivity contribution in [3.63, 3.8) is 0 Å². The Labute approximate surface area is 153 Å². The fraction of sp³-hybridized carbons (Fsp3) is 0.350. The van der Waals surface area contributed by atoms with Crippen LogP contribution >= 0.6 is 0 Å². The van der Waals surface area contributed by atoms with Crippen molar-refractivity contribution in [1.82, 2.24) is 15.6 Å². The number of carbonyl (C=O) groups excluding carboxylic acids is 2. The summed E-state index contributed by atoms with van der Waals surface area (Å²) in [6.45, 7) is 3.44. The fourth-order valence-electron chi connectivity index (χ4n) is 3.17. The average molecular weight is 352 g/mol. The number of anilines is 1. The van der Waals surface area contributed by atoms with Crippen LogP contribution in [0.5, 0.6) is 0 Å². The molecule has 26 heavy (non-hydrogen) atoms. The van der Waals surface area contributed by atoms with E-state index in [1.165, 1.54) is 0 Å². The number of hydrogen-bond donors (Lipinski definition) is 3. The van der Waals surface area contributed by atoms with E-state index in [9.17, 15) is 9.59 Å². The molecule has 0 unspecified atom stereocenters. The standard InChI is InChI=1S/C20H24N4O2/c1-14-11-17(7-10-22-14)19(25)23-13-15-3-2-4-18(12-15)24-20(26)16-5-8-21-9-6-16/h2-6,8-9,12,14,17,22H,7,10-11,13H2,1H3,(H,23,25)(H,24,26)/t14-,17-/m0/s1. The van der Waals surface area contributed by atoms with E-state index in [-0.39, 0.29) is 17.7 Å². The molecule has 2 amide bonds. The lowest BCUT2D eigenvalue weighted by Gasteiger charge is -2.27. The molecule has 1 fully saturated rings. The number of pyridine rings is 1. The summed E-state index contributed by atoms with van der Waals surface area (Å²) >= 11 is 0. The van der Waals surface area contributed by atoms with Gasteiger partial charge in [0.15, 0.2) is 0 Å². The van der Waals surface area contributed by atoms with Crippen LogP contribution in [0.1, 0.15) is 35.7 Å². The third-order valence-corrected chi connectivity index (χ3v) is 4.59. The zero-order valence-electron chi connectivity index (χ0n) is 14.9. The van der Waals surface area contributed by atoms with Gasteiger partial charge in [-0.05, 0) is 56.1 Å². The van der Waals surface area contributed by atoms with E-state index in [0.29, 0.717) is 23.8 Å². The van der Waals surface area contributed by atoms with E-state index in [4.69, 9.17) is 0 Å². The molecule has 136 valence electrons. The SMILES string of the molecule is C[C@H]1C[C@@H](C(=O)NCc2cccc(NC(=O)c3ccncc3)c2)CCN1. The highest BCUT2D eigenvalue weighted by molar-refractivity contribution is 6.04. The monoisotopic (exact) mass is 352 g/mol. The predicted octanol–water partition coefficient (Wildman–Crippen LogP) is 2.34. The van der Waals surface area contributed by atoms with Gasteiger partial charge in [-0.3, -0.25) is 14.6 Å². The summed E-state index contributed by atoms with van der Waals surface area (Å²) in [5.41, 5.74) is 2.21. The number of nitrogens with zero attached hydrogens (tertiary/aromatic N) is 1. The summed E-state index contributed by atoms with van der Waals surface area (Å²) < 4.78 is 0. The number of hydrogen-bond acceptors (Lipinski definition) is 4. The molecular formula is C20H24N4O2. The second-order valence-corrected chi connectivity index (χ2v) is 6.68. The summed E-state index contributed by atoms with van der Waals surface area (Å²) in [4.78, 5) is 28.5. The van der Waals surface area contributed by atoms with Crippen molar-refractivity contribution in [2.45, 2.75) is 32.4 Å². The van der Waals surface area contributed by atoms with Crippen LogP contribution in [0.25, 0.3) is 0 Å². The lowest BCUT2D eigenvalue weighted by Crippen LogP contribution is -2.42. The molecule has 0 aliphatic carbocycles. The van der Waals surface area contributed by atoms with Gasteiger partial charge in [-0.15, -0.1) is 0 Å². The van der Waals surface area contributed by atoms with E-state index < -0.39 is 0 Å². The number of piperidine rings is 1. The van der Waals surface area contributed by atoms with Gasteiger partial charge in [0.05, 0.1) is 0 Å². The molecule has 0 saturated carbocycles. The van der Waals surface area contributed by atoms with Crippen molar-refractivity contribution in [3.8, 4) is 0 Å². The average Bonchev–Trinajstić information content (AvgIpc) is 2.67.